The molecule has 0 heterocycles. The van der Waals surface area contributed by atoms with Gasteiger partial charge in [0.1, 0.15) is 0 Å². The highest BCUT2D eigenvalue weighted by atomic mass is 16.2. The van der Waals surface area contributed by atoms with Crippen molar-refractivity contribution in [2.75, 3.05) is 17.2 Å². The smallest absolute Gasteiger partial charge is 0.230 e. The number of nitrogen functional groups attached to an aromatic ring is 1. The third-order valence-electron chi connectivity index (χ3n) is 3.61. The molecule has 0 spiro atoms. The molecule has 1 unspecified atom stereocenters. The van der Waals surface area contributed by atoms with Crippen LogP contribution in [0.4, 0.5) is 11.4 Å². The van der Waals surface area contributed by atoms with E-state index in [1.54, 1.807) is 0 Å². The van der Waals surface area contributed by atoms with Crippen molar-refractivity contribution in [2.45, 2.75) is 33.1 Å². The molecular weight excluding hydrogens is 224 g/mol. The number of amides is 1. The fourth-order valence-electron chi connectivity index (χ4n) is 2.33. The number of hydrogen-bond acceptors (Lipinski definition) is 2. The van der Waals surface area contributed by atoms with Crippen LogP contribution in [0.5, 0.6) is 0 Å². The van der Waals surface area contributed by atoms with Gasteiger partial charge in [0, 0.05) is 23.8 Å². The fourth-order valence-corrected chi connectivity index (χ4v) is 2.33. The number of anilines is 2. The molecule has 2 N–H and O–H groups in total. The lowest BCUT2D eigenvalue weighted by Crippen LogP contribution is -2.36. The van der Waals surface area contributed by atoms with Crippen LogP contribution in [0.1, 0.15) is 33.1 Å². The normalized spacial score (nSPS) is 16.3. The van der Waals surface area contributed by atoms with Gasteiger partial charge in [-0.15, -0.1) is 0 Å². The minimum atomic E-state index is 0.137. The molecular formula is C15H22N2O. The Labute approximate surface area is 109 Å². The summed E-state index contributed by atoms with van der Waals surface area (Å²) in [5.74, 6) is 0.973. The van der Waals surface area contributed by atoms with Crippen LogP contribution in [0.3, 0.4) is 0 Å². The topological polar surface area (TPSA) is 46.3 Å². The zero-order valence-electron chi connectivity index (χ0n) is 11.2. The van der Waals surface area contributed by atoms with Crippen molar-refractivity contribution in [1.82, 2.24) is 0 Å². The van der Waals surface area contributed by atoms with Crippen molar-refractivity contribution < 1.29 is 4.79 Å². The summed E-state index contributed by atoms with van der Waals surface area (Å²) in [5.41, 5.74) is 7.44. The molecule has 1 aliphatic carbocycles. The van der Waals surface area contributed by atoms with Gasteiger partial charge in [-0.05, 0) is 43.4 Å². The Bertz CT molecular complexity index is 426. The molecule has 98 valence electrons. The molecule has 0 aliphatic heterocycles. The summed E-state index contributed by atoms with van der Waals surface area (Å²) >= 11 is 0. The van der Waals surface area contributed by atoms with E-state index >= 15 is 0 Å². The van der Waals surface area contributed by atoms with Crippen molar-refractivity contribution in [2.24, 2.45) is 11.8 Å². The fraction of sp³-hybridized carbons (Fsp3) is 0.533. The molecule has 3 nitrogen and oxygen atoms in total. The SMILES string of the molecule is CCCN(C(=O)C(C)C1CC1)c1cccc(N)c1. The van der Waals surface area contributed by atoms with E-state index in [4.69, 9.17) is 5.73 Å². The summed E-state index contributed by atoms with van der Waals surface area (Å²) in [4.78, 5) is 14.4. The average molecular weight is 246 g/mol. The van der Waals surface area contributed by atoms with Gasteiger partial charge in [0.25, 0.3) is 0 Å². The summed E-state index contributed by atoms with van der Waals surface area (Å²) in [6.07, 6.45) is 3.35. The molecule has 0 aromatic heterocycles. The van der Waals surface area contributed by atoms with Crippen LogP contribution in [-0.2, 0) is 4.79 Å². The largest absolute Gasteiger partial charge is 0.399 e. The van der Waals surface area contributed by atoms with Gasteiger partial charge in [-0.1, -0.05) is 19.9 Å². The van der Waals surface area contributed by atoms with Gasteiger partial charge < -0.3 is 10.6 Å². The summed E-state index contributed by atoms with van der Waals surface area (Å²) in [7, 11) is 0. The standard InChI is InChI=1S/C15H22N2O/c1-3-9-17(14-6-4-5-13(16)10-14)15(18)11(2)12-7-8-12/h4-6,10-12H,3,7-9,16H2,1-2H3. The Morgan fingerprint density at radius 2 is 2.22 bits per heavy atom. The van der Waals surface area contributed by atoms with Gasteiger partial charge in [0.15, 0.2) is 0 Å². The zero-order valence-corrected chi connectivity index (χ0v) is 11.2. The Balaban J connectivity index is 2.18. The van der Waals surface area contributed by atoms with E-state index in [1.807, 2.05) is 29.2 Å². The highest BCUT2D eigenvalue weighted by Gasteiger charge is 2.35. The summed E-state index contributed by atoms with van der Waals surface area (Å²) in [5, 5.41) is 0. The third kappa shape index (κ3) is 2.84. The second-order valence-electron chi connectivity index (χ2n) is 5.21. The first-order valence-electron chi connectivity index (χ1n) is 6.80. The molecule has 1 aromatic carbocycles. The third-order valence-corrected chi connectivity index (χ3v) is 3.61. The maximum Gasteiger partial charge on any atom is 0.230 e. The molecule has 1 amide bonds. The molecule has 3 heteroatoms. The van der Waals surface area contributed by atoms with E-state index in [1.165, 1.54) is 12.8 Å². The first kappa shape index (κ1) is 12.9. The molecule has 18 heavy (non-hydrogen) atoms. The lowest BCUT2D eigenvalue weighted by molar-refractivity contribution is -0.122. The highest BCUT2D eigenvalue weighted by molar-refractivity contribution is 5.95. The Morgan fingerprint density at radius 1 is 1.50 bits per heavy atom. The second kappa shape index (κ2) is 5.42. The second-order valence-corrected chi connectivity index (χ2v) is 5.21. The van der Waals surface area contributed by atoms with Crippen LogP contribution >= 0.6 is 0 Å². The van der Waals surface area contributed by atoms with Crippen LogP contribution in [0.2, 0.25) is 0 Å². The Hall–Kier alpha value is -1.51. The van der Waals surface area contributed by atoms with E-state index in [9.17, 15) is 4.79 Å². The van der Waals surface area contributed by atoms with Gasteiger partial charge in [0.05, 0.1) is 0 Å². The minimum Gasteiger partial charge on any atom is -0.399 e. The zero-order chi connectivity index (χ0) is 13.1. The monoisotopic (exact) mass is 246 g/mol. The van der Waals surface area contributed by atoms with Crippen LogP contribution < -0.4 is 10.6 Å². The minimum absolute atomic E-state index is 0.137. The van der Waals surface area contributed by atoms with Crippen molar-refractivity contribution in [1.29, 1.82) is 0 Å². The van der Waals surface area contributed by atoms with Crippen molar-refractivity contribution >= 4 is 17.3 Å². The quantitative estimate of drug-likeness (QED) is 0.812. The molecule has 1 saturated carbocycles. The molecule has 1 fully saturated rings. The van der Waals surface area contributed by atoms with Gasteiger partial charge >= 0.3 is 0 Å². The number of hydrogen-bond donors (Lipinski definition) is 1. The number of benzene rings is 1. The van der Waals surface area contributed by atoms with Gasteiger partial charge in [-0.2, -0.15) is 0 Å². The number of carbonyl (C=O) groups excluding carboxylic acids is 1. The van der Waals surface area contributed by atoms with Crippen molar-refractivity contribution in [3.8, 4) is 0 Å². The molecule has 1 atom stereocenters. The van der Waals surface area contributed by atoms with E-state index in [2.05, 4.69) is 13.8 Å². The van der Waals surface area contributed by atoms with E-state index in [0.29, 0.717) is 11.6 Å². The van der Waals surface area contributed by atoms with Crippen LogP contribution in [0, 0.1) is 11.8 Å². The molecule has 2 rings (SSSR count). The van der Waals surface area contributed by atoms with E-state index in [-0.39, 0.29) is 11.8 Å². The van der Waals surface area contributed by atoms with Crippen molar-refractivity contribution in [3.63, 3.8) is 0 Å². The molecule has 0 radical (unpaired) electrons. The number of nitrogens with two attached hydrogens (primary N) is 1. The highest BCUT2D eigenvalue weighted by Crippen LogP contribution is 2.38. The number of nitrogens with zero attached hydrogens (tertiary/aromatic N) is 1. The molecule has 1 aromatic rings. The van der Waals surface area contributed by atoms with Crippen LogP contribution in [0.15, 0.2) is 24.3 Å². The predicted molar refractivity (Wildman–Crippen MR) is 75.4 cm³/mol. The van der Waals surface area contributed by atoms with E-state index < -0.39 is 0 Å². The predicted octanol–water partition coefficient (Wildman–Crippen LogP) is 3.06. The van der Waals surface area contributed by atoms with E-state index in [0.717, 1.165) is 18.7 Å². The lowest BCUT2D eigenvalue weighted by Gasteiger charge is -2.25. The summed E-state index contributed by atoms with van der Waals surface area (Å²) < 4.78 is 0. The van der Waals surface area contributed by atoms with Crippen LogP contribution in [-0.4, -0.2) is 12.5 Å². The maximum absolute atomic E-state index is 12.5. The van der Waals surface area contributed by atoms with Gasteiger partial charge in [-0.3, -0.25) is 4.79 Å². The first-order valence-corrected chi connectivity index (χ1v) is 6.80. The molecule has 0 bridgehead atoms. The molecule has 1 aliphatic rings. The first-order chi connectivity index (χ1) is 8.63. The average Bonchev–Trinajstić information content (AvgIpc) is 3.18. The van der Waals surface area contributed by atoms with Crippen LogP contribution in [0.25, 0.3) is 0 Å². The lowest BCUT2D eigenvalue weighted by atomic mass is 10.0. The summed E-state index contributed by atoms with van der Waals surface area (Å²) in [6.45, 7) is 4.91. The van der Waals surface area contributed by atoms with Gasteiger partial charge in [0.2, 0.25) is 5.91 Å². The van der Waals surface area contributed by atoms with Gasteiger partial charge in [-0.25, -0.2) is 0 Å². The molecule has 0 saturated heterocycles. The number of carbonyl (C=O) groups is 1. The number of rotatable bonds is 5. The van der Waals surface area contributed by atoms with Crippen molar-refractivity contribution in [3.05, 3.63) is 24.3 Å². The Morgan fingerprint density at radius 3 is 2.78 bits per heavy atom. The summed E-state index contributed by atoms with van der Waals surface area (Å²) in [6, 6.07) is 7.60. The Kier molecular flexibility index (Phi) is 3.90. The maximum atomic E-state index is 12.5.